The van der Waals surface area contributed by atoms with E-state index in [1.807, 2.05) is 6.08 Å². The third kappa shape index (κ3) is 47.4. The predicted octanol–water partition coefficient (Wildman–Crippen LogP) is 16.1. The van der Waals surface area contributed by atoms with Gasteiger partial charge in [0.25, 0.3) is 0 Å². The lowest BCUT2D eigenvalue weighted by atomic mass is 10.0. The van der Waals surface area contributed by atoms with Crippen molar-refractivity contribution in [2.45, 2.75) is 289 Å². The Morgan fingerprint density at radius 3 is 1.25 bits per heavy atom. The van der Waals surface area contributed by atoms with Crippen molar-refractivity contribution in [2.24, 2.45) is 0 Å². The number of aliphatic hydroxyl groups excluding tert-OH is 2. The van der Waals surface area contributed by atoms with Crippen molar-refractivity contribution in [1.29, 1.82) is 0 Å². The molecule has 2 atom stereocenters. The number of esters is 1. The van der Waals surface area contributed by atoms with Crippen LogP contribution in [-0.4, -0.2) is 47.4 Å². The first-order valence-electron chi connectivity index (χ1n) is 26.8. The fraction of sp³-hybridized carbons (Fsp3) is 0.855. The highest BCUT2D eigenvalue weighted by Gasteiger charge is 2.18. The zero-order chi connectivity index (χ0) is 44.4. The van der Waals surface area contributed by atoms with E-state index in [0.29, 0.717) is 19.4 Å². The third-order valence-corrected chi connectivity index (χ3v) is 12.2. The number of unbranched alkanes of at least 4 members (excludes halogenated alkanes) is 34. The van der Waals surface area contributed by atoms with Crippen molar-refractivity contribution in [1.82, 2.24) is 5.32 Å². The average Bonchev–Trinajstić information content (AvgIpc) is 3.26. The Kier molecular flexibility index (Phi) is 49.1. The summed E-state index contributed by atoms with van der Waals surface area (Å²) in [5.41, 5.74) is 0. The monoisotopic (exact) mass is 858 g/mol. The second-order valence-electron chi connectivity index (χ2n) is 18.2. The highest BCUT2D eigenvalue weighted by atomic mass is 16.5. The van der Waals surface area contributed by atoms with Crippen LogP contribution in [0.25, 0.3) is 0 Å². The summed E-state index contributed by atoms with van der Waals surface area (Å²) in [5, 5.41) is 22.9. The van der Waals surface area contributed by atoms with Gasteiger partial charge >= 0.3 is 5.97 Å². The maximum Gasteiger partial charge on any atom is 0.305 e. The summed E-state index contributed by atoms with van der Waals surface area (Å²) in [6, 6.07) is -0.638. The Morgan fingerprint density at radius 1 is 0.459 bits per heavy atom. The molecule has 0 spiro atoms. The van der Waals surface area contributed by atoms with E-state index in [9.17, 15) is 19.8 Å². The minimum absolute atomic E-state index is 0.0129. The van der Waals surface area contributed by atoms with Gasteiger partial charge in [-0.05, 0) is 70.6 Å². The lowest BCUT2D eigenvalue weighted by Crippen LogP contribution is -2.45. The Morgan fingerprint density at radius 2 is 0.820 bits per heavy atom. The maximum atomic E-state index is 12.4. The Balaban J connectivity index is 3.47. The fourth-order valence-corrected chi connectivity index (χ4v) is 8.02. The molecule has 0 aliphatic heterocycles. The van der Waals surface area contributed by atoms with E-state index in [0.717, 1.165) is 83.5 Å². The van der Waals surface area contributed by atoms with Crippen LogP contribution in [-0.2, 0) is 14.3 Å². The molecule has 2 unspecified atom stereocenters. The molecule has 0 saturated carbocycles. The van der Waals surface area contributed by atoms with Crippen molar-refractivity contribution in [3.63, 3.8) is 0 Å². The van der Waals surface area contributed by atoms with Crippen LogP contribution in [0.5, 0.6) is 0 Å². The number of hydrogen-bond acceptors (Lipinski definition) is 5. The van der Waals surface area contributed by atoms with E-state index in [1.54, 1.807) is 6.08 Å². The molecule has 0 fully saturated rings. The Hall–Kier alpha value is -1.92. The van der Waals surface area contributed by atoms with Crippen molar-refractivity contribution in [3.8, 4) is 0 Å². The summed E-state index contributed by atoms with van der Waals surface area (Å²) in [6.45, 7) is 4.83. The van der Waals surface area contributed by atoms with Crippen LogP contribution in [0.15, 0.2) is 36.5 Å². The van der Waals surface area contributed by atoms with Crippen LogP contribution in [0, 0.1) is 0 Å². The first kappa shape index (κ1) is 59.1. The molecule has 0 aromatic heterocycles. The predicted molar refractivity (Wildman–Crippen MR) is 264 cm³/mol. The van der Waals surface area contributed by atoms with Crippen LogP contribution in [0.4, 0.5) is 0 Å². The number of amides is 1. The molecule has 6 nitrogen and oxygen atoms in total. The Labute approximate surface area is 379 Å². The van der Waals surface area contributed by atoms with Crippen LogP contribution in [0.3, 0.4) is 0 Å². The van der Waals surface area contributed by atoms with Crippen LogP contribution >= 0.6 is 0 Å². The van der Waals surface area contributed by atoms with E-state index in [2.05, 4.69) is 43.5 Å². The number of hydrogen-bond donors (Lipinski definition) is 3. The molecule has 0 bridgehead atoms. The molecule has 0 heterocycles. The second kappa shape index (κ2) is 50.7. The van der Waals surface area contributed by atoms with Gasteiger partial charge in [0.05, 0.1) is 25.4 Å². The van der Waals surface area contributed by atoms with Crippen molar-refractivity contribution in [3.05, 3.63) is 36.5 Å². The van der Waals surface area contributed by atoms with E-state index < -0.39 is 12.1 Å². The van der Waals surface area contributed by atoms with Crippen LogP contribution in [0.2, 0.25) is 0 Å². The van der Waals surface area contributed by atoms with Crippen molar-refractivity contribution in [2.75, 3.05) is 13.2 Å². The number of ether oxygens (including phenoxy) is 1. The van der Waals surface area contributed by atoms with Crippen molar-refractivity contribution < 1.29 is 24.5 Å². The molecule has 0 radical (unpaired) electrons. The summed E-state index contributed by atoms with van der Waals surface area (Å²) in [7, 11) is 0. The molecular weight excluding hydrogens is 755 g/mol. The zero-order valence-corrected chi connectivity index (χ0v) is 40.6. The third-order valence-electron chi connectivity index (χ3n) is 12.2. The Bertz CT molecular complexity index is 993. The molecule has 6 heteroatoms. The number of nitrogens with one attached hydrogen (secondary N) is 1. The summed E-state index contributed by atoms with van der Waals surface area (Å²) < 4.78 is 5.46. The molecule has 1 amide bonds. The highest BCUT2D eigenvalue weighted by molar-refractivity contribution is 5.76. The van der Waals surface area contributed by atoms with Gasteiger partial charge in [-0.3, -0.25) is 9.59 Å². The number of allylic oxidation sites excluding steroid dienone is 5. The summed E-state index contributed by atoms with van der Waals surface area (Å²) in [5.74, 6) is -0.100. The summed E-state index contributed by atoms with van der Waals surface area (Å²) in [4.78, 5) is 24.4. The van der Waals surface area contributed by atoms with Gasteiger partial charge in [0.1, 0.15) is 0 Å². The van der Waals surface area contributed by atoms with E-state index in [1.165, 1.54) is 167 Å². The normalized spacial score (nSPS) is 12.9. The standard InChI is InChI=1S/C55H103NO5/c1-3-5-7-9-11-13-14-15-16-17-20-23-26-29-33-37-41-45-49-55(60)61-50-46-42-38-34-30-27-24-21-18-19-22-25-28-32-36-40-44-48-54(59)56-52(51-57)53(58)47-43-39-35-31-12-10-8-6-4-2/h18,21,27,30,43,47,52-53,57-58H,3-17,19-20,22-26,28-29,31-42,44-46,48-51H2,1-2H3,(H,56,59)/b21-18-,30-27-,47-43+. The van der Waals surface area contributed by atoms with Crippen molar-refractivity contribution >= 4 is 11.9 Å². The molecule has 358 valence electrons. The molecule has 0 aromatic rings. The molecule has 61 heavy (non-hydrogen) atoms. The average molecular weight is 858 g/mol. The lowest BCUT2D eigenvalue weighted by molar-refractivity contribution is -0.143. The molecule has 0 aliphatic carbocycles. The largest absolute Gasteiger partial charge is 0.466 e. The zero-order valence-electron chi connectivity index (χ0n) is 40.6. The number of carbonyl (C=O) groups is 2. The first-order valence-corrected chi connectivity index (χ1v) is 26.8. The molecule has 0 saturated heterocycles. The fourth-order valence-electron chi connectivity index (χ4n) is 8.02. The van der Waals surface area contributed by atoms with E-state index >= 15 is 0 Å². The molecule has 3 N–H and O–H groups in total. The smallest absolute Gasteiger partial charge is 0.305 e. The van der Waals surface area contributed by atoms with Gasteiger partial charge in [-0.2, -0.15) is 0 Å². The molecule has 0 rings (SSSR count). The van der Waals surface area contributed by atoms with Gasteiger partial charge in [0, 0.05) is 12.8 Å². The molecular formula is C55H103NO5. The van der Waals surface area contributed by atoms with Gasteiger partial charge in [-0.15, -0.1) is 0 Å². The van der Waals surface area contributed by atoms with Crippen LogP contribution < -0.4 is 5.32 Å². The van der Waals surface area contributed by atoms with Gasteiger partial charge in [-0.25, -0.2) is 0 Å². The van der Waals surface area contributed by atoms with Gasteiger partial charge in [-0.1, -0.05) is 230 Å². The minimum Gasteiger partial charge on any atom is -0.466 e. The van der Waals surface area contributed by atoms with Crippen LogP contribution in [0.1, 0.15) is 277 Å². The van der Waals surface area contributed by atoms with Gasteiger partial charge in [0.15, 0.2) is 0 Å². The number of carbonyl (C=O) groups excluding carboxylic acids is 2. The van der Waals surface area contributed by atoms with E-state index in [-0.39, 0.29) is 18.5 Å². The van der Waals surface area contributed by atoms with E-state index in [4.69, 9.17) is 4.74 Å². The SMILES string of the molecule is CCCCCCCCC/C=C/C(O)C(CO)NC(=O)CCCCCCCCC/C=C\C/C=C\CCCCCOC(=O)CCCCCCCCCCCCCCCCCCCC. The lowest BCUT2D eigenvalue weighted by Gasteiger charge is -2.20. The summed E-state index contributed by atoms with van der Waals surface area (Å²) in [6.07, 6.45) is 61.7. The number of rotatable bonds is 49. The topological polar surface area (TPSA) is 95.9 Å². The molecule has 0 aliphatic rings. The summed E-state index contributed by atoms with van der Waals surface area (Å²) >= 11 is 0. The highest BCUT2D eigenvalue weighted by Crippen LogP contribution is 2.16. The first-order chi connectivity index (χ1) is 30.0. The number of aliphatic hydroxyl groups is 2. The van der Waals surface area contributed by atoms with Gasteiger partial charge < -0.3 is 20.3 Å². The maximum absolute atomic E-state index is 12.4. The minimum atomic E-state index is -0.852. The molecule has 0 aromatic carbocycles. The quantitative estimate of drug-likeness (QED) is 0.0322. The second-order valence-corrected chi connectivity index (χ2v) is 18.2. The van der Waals surface area contributed by atoms with Gasteiger partial charge in [0.2, 0.25) is 5.91 Å².